The van der Waals surface area contributed by atoms with E-state index in [2.05, 4.69) is 15.5 Å². The molecule has 2 aromatic carbocycles. The van der Waals surface area contributed by atoms with Gasteiger partial charge >= 0.3 is 0 Å². The number of phenolic OH excluding ortho intramolecular Hbond substituents is 1. The predicted molar refractivity (Wildman–Crippen MR) is 123 cm³/mol. The number of rotatable bonds is 4. The van der Waals surface area contributed by atoms with E-state index in [1.807, 2.05) is 28.8 Å². The van der Waals surface area contributed by atoms with Crippen molar-refractivity contribution in [3.63, 3.8) is 0 Å². The highest BCUT2D eigenvalue weighted by Gasteiger charge is 2.28. The molecule has 0 atom stereocenters. The van der Waals surface area contributed by atoms with Crippen molar-refractivity contribution in [2.75, 3.05) is 18.4 Å². The molecule has 1 saturated heterocycles. The maximum atomic E-state index is 13.4. The Morgan fingerprint density at radius 2 is 1.71 bits per heavy atom. The van der Waals surface area contributed by atoms with Crippen molar-refractivity contribution in [3.05, 3.63) is 89.4 Å². The molecule has 0 radical (unpaired) electrons. The minimum absolute atomic E-state index is 0.103. The van der Waals surface area contributed by atoms with E-state index >= 15 is 0 Å². The summed E-state index contributed by atoms with van der Waals surface area (Å²) in [6.45, 7) is 0.989. The van der Waals surface area contributed by atoms with Gasteiger partial charge in [0, 0.05) is 48.6 Å². The maximum absolute atomic E-state index is 13.4. The van der Waals surface area contributed by atoms with Gasteiger partial charge in [-0.1, -0.05) is 6.07 Å². The van der Waals surface area contributed by atoms with Crippen LogP contribution in [0.25, 0.3) is 5.65 Å². The number of benzene rings is 2. The summed E-state index contributed by atoms with van der Waals surface area (Å²) in [4.78, 5) is 27.0. The van der Waals surface area contributed by atoms with Crippen LogP contribution in [-0.2, 0) is 0 Å². The highest BCUT2D eigenvalue weighted by molar-refractivity contribution is 6.05. The molecular weight excluding hydrogens is 456 g/mol. The first-order chi connectivity index (χ1) is 16.9. The van der Waals surface area contributed by atoms with Crippen LogP contribution < -0.4 is 5.32 Å². The van der Waals surface area contributed by atoms with E-state index in [0.29, 0.717) is 32.0 Å². The molecule has 5 rings (SSSR count). The number of nitrogens with one attached hydrogen (secondary N) is 1. The molecule has 2 aromatic heterocycles. The van der Waals surface area contributed by atoms with E-state index in [-0.39, 0.29) is 34.4 Å². The van der Waals surface area contributed by atoms with Gasteiger partial charge in [-0.2, -0.15) is 0 Å². The van der Waals surface area contributed by atoms with Crippen LogP contribution in [0.3, 0.4) is 0 Å². The molecule has 10 heteroatoms. The second-order valence-electron chi connectivity index (χ2n) is 8.40. The first-order valence-electron chi connectivity index (χ1n) is 11.1. The molecule has 2 N–H and O–H groups in total. The van der Waals surface area contributed by atoms with Gasteiger partial charge in [0.2, 0.25) is 0 Å². The van der Waals surface area contributed by atoms with E-state index in [1.165, 1.54) is 18.2 Å². The largest absolute Gasteiger partial charge is 0.507 e. The Labute approximate surface area is 198 Å². The number of aromatic hydroxyl groups is 1. The number of anilines is 1. The molecule has 4 aromatic rings. The first kappa shape index (κ1) is 22.5. The van der Waals surface area contributed by atoms with E-state index in [4.69, 9.17) is 0 Å². The normalized spacial score (nSPS) is 14.3. The summed E-state index contributed by atoms with van der Waals surface area (Å²) < 4.78 is 28.7. The number of fused-ring (bicyclic) bond motifs is 1. The third-order valence-electron chi connectivity index (χ3n) is 6.10. The monoisotopic (exact) mass is 477 g/mol. The lowest BCUT2D eigenvalue weighted by Gasteiger charge is -2.31. The van der Waals surface area contributed by atoms with Gasteiger partial charge in [-0.15, -0.1) is 10.2 Å². The number of nitrogens with zero attached hydrogens (tertiary/aromatic N) is 4. The van der Waals surface area contributed by atoms with Crippen LogP contribution in [0.4, 0.5) is 14.5 Å². The third kappa shape index (κ3) is 4.54. The average molecular weight is 477 g/mol. The minimum atomic E-state index is -0.875. The number of phenols is 1. The molecule has 0 unspecified atom stereocenters. The van der Waals surface area contributed by atoms with E-state index in [0.717, 1.165) is 23.6 Å². The number of hydrogen-bond acceptors (Lipinski definition) is 5. The first-order valence-corrected chi connectivity index (χ1v) is 11.1. The Bertz CT molecular complexity index is 1410. The van der Waals surface area contributed by atoms with E-state index in [9.17, 15) is 23.5 Å². The molecule has 8 nitrogen and oxygen atoms in total. The minimum Gasteiger partial charge on any atom is -0.507 e. The molecule has 1 aliphatic rings. The number of halogens is 2. The van der Waals surface area contributed by atoms with Crippen LogP contribution in [0.15, 0.2) is 60.8 Å². The lowest BCUT2D eigenvalue weighted by molar-refractivity contribution is 0.0707. The number of carbonyl (C=O) groups excluding carboxylic acids is 2. The second kappa shape index (κ2) is 9.13. The Balaban J connectivity index is 1.24. The van der Waals surface area contributed by atoms with Crippen molar-refractivity contribution in [3.8, 4) is 5.75 Å². The van der Waals surface area contributed by atoms with Gasteiger partial charge in [-0.25, -0.2) is 8.78 Å². The lowest BCUT2D eigenvalue weighted by Crippen LogP contribution is -2.38. The molecule has 0 spiro atoms. The van der Waals surface area contributed by atoms with Crippen molar-refractivity contribution in [2.45, 2.75) is 18.8 Å². The van der Waals surface area contributed by atoms with Crippen LogP contribution in [0.1, 0.15) is 45.3 Å². The lowest BCUT2D eigenvalue weighted by atomic mass is 9.95. The molecule has 1 aliphatic heterocycles. The summed E-state index contributed by atoms with van der Waals surface area (Å²) >= 11 is 0. The summed E-state index contributed by atoms with van der Waals surface area (Å²) in [5, 5.41) is 21.4. The smallest absolute Gasteiger partial charge is 0.257 e. The van der Waals surface area contributed by atoms with Crippen LogP contribution in [-0.4, -0.2) is 49.5 Å². The zero-order valence-electron chi connectivity index (χ0n) is 18.5. The Hall–Kier alpha value is -4.34. The van der Waals surface area contributed by atoms with Gasteiger partial charge < -0.3 is 15.3 Å². The quantitative estimate of drug-likeness (QED) is 0.463. The summed E-state index contributed by atoms with van der Waals surface area (Å²) in [5.74, 6) is -2.09. The number of pyridine rings is 1. The van der Waals surface area contributed by atoms with Crippen LogP contribution >= 0.6 is 0 Å². The Kier molecular flexibility index (Phi) is 5.86. The van der Waals surface area contributed by atoms with Gasteiger partial charge in [-0.3, -0.25) is 14.0 Å². The number of amides is 2. The fraction of sp³-hybridized carbons (Fsp3) is 0.200. The number of carbonyl (C=O) groups is 2. The molecular formula is C25H21F2N5O3. The van der Waals surface area contributed by atoms with Crippen molar-refractivity contribution in [1.82, 2.24) is 19.5 Å². The number of likely N-dealkylation sites (tertiary alicyclic amines) is 1. The van der Waals surface area contributed by atoms with Crippen molar-refractivity contribution >= 4 is 23.1 Å². The van der Waals surface area contributed by atoms with Crippen LogP contribution in [0.5, 0.6) is 5.75 Å². The zero-order valence-corrected chi connectivity index (χ0v) is 18.5. The fourth-order valence-electron chi connectivity index (χ4n) is 4.33. The summed E-state index contributed by atoms with van der Waals surface area (Å²) in [5.41, 5.74) is 0.864. The van der Waals surface area contributed by atoms with Gasteiger partial charge in [0.1, 0.15) is 23.2 Å². The molecule has 0 saturated carbocycles. The second-order valence-corrected chi connectivity index (χ2v) is 8.40. The molecule has 0 bridgehead atoms. The van der Waals surface area contributed by atoms with Gasteiger partial charge in [0.25, 0.3) is 11.8 Å². The fourth-order valence-corrected chi connectivity index (χ4v) is 4.33. The van der Waals surface area contributed by atoms with Gasteiger partial charge in [0.05, 0.1) is 5.56 Å². The average Bonchev–Trinajstić information content (AvgIpc) is 3.27. The topological polar surface area (TPSA) is 99.8 Å². The molecule has 0 aliphatic carbocycles. The zero-order chi connectivity index (χ0) is 24.5. The van der Waals surface area contributed by atoms with Gasteiger partial charge in [-0.05, 0) is 49.2 Å². The van der Waals surface area contributed by atoms with E-state index < -0.39 is 17.5 Å². The number of hydrogen-bond donors (Lipinski definition) is 2. The SMILES string of the molecule is O=C(Nc1ccc(C(=O)N2CCC(c3nnc4ccccn34)CC2)c(O)c1)c1cc(F)cc(F)c1. The summed E-state index contributed by atoms with van der Waals surface area (Å²) in [7, 11) is 0. The number of aromatic nitrogens is 3. The van der Waals surface area contributed by atoms with Crippen molar-refractivity contribution < 1.29 is 23.5 Å². The van der Waals surface area contributed by atoms with Crippen molar-refractivity contribution in [1.29, 1.82) is 0 Å². The summed E-state index contributed by atoms with van der Waals surface area (Å²) in [6.07, 6.45) is 3.34. The van der Waals surface area contributed by atoms with Crippen molar-refractivity contribution in [2.24, 2.45) is 0 Å². The molecule has 3 heterocycles. The highest BCUT2D eigenvalue weighted by atomic mass is 19.1. The van der Waals surface area contributed by atoms with Gasteiger partial charge in [0.15, 0.2) is 5.65 Å². The number of piperidine rings is 1. The highest BCUT2D eigenvalue weighted by Crippen LogP contribution is 2.30. The molecule has 2 amide bonds. The van der Waals surface area contributed by atoms with Crippen LogP contribution in [0.2, 0.25) is 0 Å². The molecule has 1 fully saturated rings. The molecule has 35 heavy (non-hydrogen) atoms. The summed E-state index contributed by atoms with van der Waals surface area (Å²) in [6, 6.07) is 12.3. The van der Waals surface area contributed by atoms with E-state index in [1.54, 1.807) is 4.90 Å². The maximum Gasteiger partial charge on any atom is 0.257 e. The van der Waals surface area contributed by atoms with Crippen LogP contribution in [0, 0.1) is 11.6 Å². The Morgan fingerprint density at radius 3 is 2.43 bits per heavy atom. The standard InChI is InChI=1S/C25H21F2N5O3/c26-17-11-16(12-18(27)13-17)24(34)28-19-4-5-20(21(33)14-19)25(35)31-9-6-15(7-10-31)23-30-29-22-3-1-2-8-32(22)23/h1-5,8,11-15,33H,6-7,9-10H2,(H,28,34). The Morgan fingerprint density at radius 1 is 0.971 bits per heavy atom. The predicted octanol–water partition coefficient (Wildman–Crippen LogP) is 3.99. The third-order valence-corrected chi connectivity index (χ3v) is 6.10. The molecule has 178 valence electrons.